The van der Waals surface area contributed by atoms with Gasteiger partial charge in [-0.1, -0.05) is 48.6 Å². The lowest BCUT2D eigenvalue weighted by atomic mass is 9.87. The molecule has 80 valence electrons. The third-order valence-corrected chi connectivity index (χ3v) is 3.26. The Morgan fingerprint density at radius 1 is 1.12 bits per heavy atom. The van der Waals surface area contributed by atoms with Crippen LogP contribution in [0.2, 0.25) is 0 Å². The van der Waals surface area contributed by atoms with Gasteiger partial charge in [-0.05, 0) is 21.6 Å². The third-order valence-electron chi connectivity index (χ3n) is 3.26. The van der Waals surface area contributed by atoms with Crippen molar-refractivity contribution in [3.05, 3.63) is 58.5 Å². The number of allylic oxidation sites excluding steroid dienone is 3. The maximum atomic E-state index is 5.80. The van der Waals surface area contributed by atoms with Gasteiger partial charge in [0.1, 0.15) is 0 Å². The molecular formula is C14H14N2. The maximum absolute atomic E-state index is 5.80. The molecule has 16 heavy (non-hydrogen) atoms. The summed E-state index contributed by atoms with van der Waals surface area (Å²) in [5.41, 5.74) is 14.0. The van der Waals surface area contributed by atoms with Crippen LogP contribution in [0.25, 0.3) is 11.6 Å². The highest BCUT2D eigenvalue weighted by Crippen LogP contribution is 2.29. The van der Waals surface area contributed by atoms with Gasteiger partial charge < -0.3 is 11.5 Å². The Morgan fingerprint density at radius 3 is 2.75 bits per heavy atom. The van der Waals surface area contributed by atoms with Crippen LogP contribution in [0.5, 0.6) is 0 Å². The first-order valence-electron chi connectivity index (χ1n) is 5.48. The van der Waals surface area contributed by atoms with Gasteiger partial charge in [-0.25, -0.2) is 0 Å². The summed E-state index contributed by atoms with van der Waals surface area (Å²) < 4.78 is 0. The monoisotopic (exact) mass is 210 g/mol. The van der Waals surface area contributed by atoms with Crippen LogP contribution in [0.3, 0.4) is 0 Å². The Balaban J connectivity index is 2.26. The molecule has 2 aliphatic rings. The Kier molecular flexibility index (Phi) is 2.06. The Bertz CT molecular complexity index is 606. The zero-order valence-electron chi connectivity index (χ0n) is 8.93. The van der Waals surface area contributed by atoms with E-state index >= 15 is 0 Å². The highest BCUT2D eigenvalue weighted by Gasteiger charge is 2.23. The molecule has 0 radical (unpaired) electrons. The zero-order valence-corrected chi connectivity index (χ0v) is 8.93. The first-order chi connectivity index (χ1) is 7.77. The third kappa shape index (κ3) is 1.28. The zero-order chi connectivity index (χ0) is 11.1. The van der Waals surface area contributed by atoms with Gasteiger partial charge >= 0.3 is 0 Å². The van der Waals surface area contributed by atoms with Crippen LogP contribution in [0.4, 0.5) is 0 Å². The molecule has 1 aromatic carbocycles. The van der Waals surface area contributed by atoms with Gasteiger partial charge in [-0.2, -0.15) is 0 Å². The molecule has 4 N–H and O–H groups in total. The number of nitrogens with two attached hydrogens (primary N) is 2. The van der Waals surface area contributed by atoms with E-state index in [1.807, 2.05) is 12.2 Å². The van der Waals surface area contributed by atoms with E-state index in [0.29, 0.717) is 0 Å². The molecule has 0 aromatic heterocycles. The molecule has 0 fully saturated rings. The second-order valence-corrected chi connectivity index (χ2v) is 4.24. The molecule has 0 bridgehead atoms. The van der Waals surface area contributed by atoms with Gasteiger partial charge in [0.15, 0.2) is 0 Å². The topological polar surface area (TPSA) is 52.0 Å². The van der Waals surface area contributed by atoms with Crippen LogP contribution in [0.15, 0.2) is 48.1 Å². The fourth-order valence-corrected chi connectivity index (χ4v) is 2.50. The van der Waals surface area contributed by atoms with E-state index in [-0.39, 0.29) is 12.1 Å². The van der Waals surface area contributed by atoms with Crippen molar-refractivity contribution in [1.29, 1.82) is 0 Å². The van der Waals surface area contributed by atoms with Crippen LogP contribution in [0, 0.1) is 5.92 Å². The largest absolute Gasteiger partial charge is 0.313 e. The van der Waals surface area contributed by atoms with Crippen LogP contribution in [-0.2, 0) is 0 Å². The van der Waals surface area contributed by atoms with E-state index in [2.05, 4.69) is 36.4 Å². The van der Waals surface area contributed by atoms with Gasteiger partial charge in [0.2, 0.25) is 0 Å². The number of hydrogen-bond acceptors (Lipinski definition) is 2. The molecule has 1 atom stereocenters. The second-order valence-electron chi connectivity index (χ2n) is 4.24. The van der Waals surface area contributed by atoms with Gasteiger partial charge in [0, 0.05) is 5.92 Å². The van der Waals surface area contributed by atoms with Gasteiger partial charge in [-0.3, -0.25) is 0 Å². The number of hydrogen-bond donors (Lipinski definition) is 2. The van der Waals surface area contributed by atoms with Crippen molar-refractivity contribution in [1.82, 2.24) is 0 Å². The van der Waals surface area contributed by atoms with Crippen LogP contribution < -0.4 is 21.9 Å². The predicted molar refractivity (Wildman–Crippen MR) is 66.4 cm³/mol. The molecule has 0 spiro atoms. The molecule has 1 unspecified atom stereocenters. The molecule has 0 saturated carbocycles. The summed E-state index contributed by atoms with van der Waals surface area (Å²) in [6.45, 7) is 0. The van der Waals surface area contributed by atoms with Gasteiger partial charge in [0.25, 0.3) is 0 Å². The summed E-state index contributed by atoms with van der Waals surface area (Å²) >= 11 is 0. The molecular weight excluding hydrogens is 196 g/mol. The summed E-state index contributed by atoms with van der Waals surface area (Å²) in [4.78, 5) is 0. The smallest absolute Gasteiger partial charge is 0.0755 e. The first kappa shape index (κ1) is 9.58. The number of rotatable bonds is 1. The summed E-state index contributed by atoms with van der Waals surface area (Å²) in [6.07, 6.45) is 8.08. The highest BCUT2D eigenvalue weighted by atomic mass is 14.9. The van der Waals surface area contributed by atoms with Crippen LogP contribution >= 0.6 is 0 Å². The molecule has 2 heteroatoms. The normalized spacial score (nSPS) is 21.6. The summed E-state index contributed by atoms with van der Waals surface area (Å²) in [5, 5.41) is 2.58. The summed E-state index contributed by atoms with van der Waals surface area (Å²) in [5.74, 6) is 0.266. The lowest BCUT2D eigenvalue weighted by molar-refractivity contribution is 0.761. The van der Waals surface area contributed by atoms with Crippen LogP contribution in [0.1, 0.15) is 0 Å². The highest BCUT2D eigenvalue weighted by molar-refractivity contribution is 5.76. The quantitative estimate of drug-likeness (QED) is 0.640. The molecule has 1 aromatic rings. The molecule has 0 amide bonds. The van der Waals surface area contributed by atoms with Crippen molar-refractivity contribution in [2.24, 2.45) is 17.4 Å². The first-order valence-corrected chi connectivity index (χ1v) is 5.48. The second kappa shape index (κ2) is 3.44. The summed E-state index contributed by atoms with van der Waals surface area (Å²) in [7, 11) is 0. The van der Waals surface area contributed by atoms with E-state index in [0.717, 1.165) is 5.57 Å². The maximum Gasteiger partial charge on any atom is 0.0755 e. The van der Waals surface area contributed by atoms with E-state index in [9.17, 15) is 0 Å². The van der Waals surface area contributed by atoms with E-state index in [4.69, 9.17) is 11.5 Å². The average molecular weight is 210 g/mol. The minimum Gasteiger partial charge on any atom is -0.313 e. The Labute approximate surface area is 94.3 Å². The molecule has 0 saturated heterocycles. The lowest BCUT2D eigenvalue weighted by Crippen LogP contribution is -2.35. The molecule has 3 rings (SSSR count). The average Bonchev–Trinajstić information content (AvgIpc) is 2.67. The fraction of sp³-hybridized carbons (Fsp3) is 0.143. The number of benzene rings is 1. The van der Waals surface area contributed by atoms with E-state index < -0.39 is 0 Å². The van der Waals surface area contributed by atoms with Crippen molar-refractivity contribution in [2.45, 2.75) is 6.17 Å². The molecule has 2 aliphatic carbocycles. The van der Waals surface area contributed by atoms with E-state index in [1.165, 1.54) is 16.0 Å². The molecule has 0 aliphatic heterocycles. The van der Waals surface area contributed by atoms with Gasteiger partial charge in [-0.15, -0.1) is 0 Å². The minimum absolute atomic E-state index is 0.266. The minimum atomic E-state index is -0.379. The van der Waals surface area contributed by atoms with Crippen LogP contribution in [-0.4, -0.2) is 6.17 Å². The standard InChI is InChI=1S/C14H14N2/c15-14(16)12-7-3-6-11-10-5-2-1-4-9(10)8-13(11)12/h1-8,13-14H,15-16H2. The van der Waals surface area contributed by atoms with Crippen molar-refractivity contribution in [3.8, 4) is 0 Å². The van der Waals surface area contributed by atoms with Crippen molar-refractivity contribution in [2.75, 3.05) is 0 Å². The van der Waals surface area contributed by atoms with Gasteiger partial charge in [0.05, 0.1) is 6.17 Å². The van der Waals surface area contributed by atoms with Crippen molar-refractivity contribution < 1.29 is 0 Å². The molecule has 2 nitrogen and oxygen atoms in total. The molecule has 0 heterocycles. The van der Waals surface area contributed by atoms with E-state index in [1.54, 1.807) is 0 Å². The summed E-state index contributed by atoms with van der Waals surface area (Å²) in [6, 6.07) is 8.41. The predicted octanol–water partition coefficient (Wildman–Crippen LogP) is -0.0127. The Morgan fingerprint density at radius 2 is 1.94 bits per heavy atom. The number of fused-ring (bicyclic) bond motifs is 2. The van der Waals surface area contributed by atoms with Crippen molar-refractivity contribution in [3.63, 3.8) is 0 Å². The fourth-order valence-electron chi connectivity index (χ4n) is 2.50. The SMILES string of the molecule is NC(N)C1=CC=CC2=c3ccccc3=CC12. The Hall–Kier alpha value is -1.64. The lowest BCUT2D eigenvalue weighted by Gasteiger charge is -2.21. The van der Waals surface area contributed by atoms with Crippen molar-refractivity contribution >= 4 is 11.6 Å².